The number of benzene rings is 1. The van der Waals surface area contributed by atoms with Crippen molar-refractivity contribution in [3.8, 4) is 0 Å². The number of aromatic nitrogens is 3. The third-order valence-electron chi connectivity index (χ3n) is 2.04. The number of H-pyrrole nitrogens is 1. The van der Waals surface area contributed by atoms with Crippen molar-refractivity contribution < 1.29 is 34.5 Å². The van der Waals surface area contributed by atoms with Crippen molar-refractivity contribution in [2.45, 2.75) is 0 Å². The van der Waals surface area contributed by atoms with Gasteiger partial charge in [0.2, 0.25) is 0 Å². The van der Waals surface area contributed by atoms with Crippen LogP contribution in [0.2, 0.25) is 0 Å². The van der Waals surface area contributed by atoms with Gasteiger partial charge in [-0.1, -0.05) is 12.1 Å². The SMILES string of the molecule is CNC(OC)=[N+](C)C.F[P-](F)(F)(F)(F)F.c1ccc2n[nH]nc2c1. The largest absolute Gasteiger partial charge is 0.197 e. The minimum atomic E-state index is -10.7. The summed E-state index contributed by atoms with van der Waals surface area (Å²) in [6.45, 7) is 0. The Morgan fingerprint density at radius 2 is 1.42 bits per heavy atom. The van der Waals surface area contributed by atoms with E-state index >= 15 is 0 Å². The maximum absolute atomic E-state index is 10.7. The van der Waals surface area contributed by atoms with E-state index in [0.717, 1.165) is 17.1 Å². The minimum absolute atomic E-state index is 0.769. The smallest absolute Gasteiger partial charge is 0.112 e. The van der Waals surface area contributed by atoms with Gasteiger partial charge in [0.15, 0.2) is 0 Å². The quantitative estimate of drug-likeness (QED) is 0.239. The van der Waals surface area contributed by atoms with Gasteiger partial charge < -0.3 is 4.74 Å². The Balaban J connectivity index is 0.000000335. The second-order valence-electron chi connectivity index (χ2n) is 4.42. The van der Waals surface area contributed by atoms with Crippen molar-refractivity contribution in [2.75, 3.05) is 28.3 Å². The summed E-state index contributed by atoms with van der Waals surface area (Å²) in [4.78, 5) is 0. The van der Waals surface area contributed by atoms with E-state index in [4.69, 9.17) is 4.74 Å². The number of ether oxygens (including phenoxy) is 1. The Hall–Kier alpha value is -2.10. The Morgan fingerprint density at radius 1 is 1.04 bits per heavy atom. The van der Waals surface area contributed by atoms with Crippen LogP contribution in [0.15, 0.2) is 24.3 Å². The van der Waals surface area contributed by atoms with Crippen LogP contribution in [0.3, 0.4) is 0 Å². The number of para-hydroxylation sites is 2. The number of nitrogens with one attached hydrogen (secondary N) is 2. The molecular formula is C11H18F6N5OP. The van der Waals surface area contributed by atoms with Crippen LogP contribution < -0.4 is 5.32 Å². The zero-order valence-electron chi connectivity index (χ0n) is 13.3. The van der Waals surface area contributed by atoms with E-state index in [9.17, 15) is 25.2 Å². The van der Waals surface area contributed by atoms with E-state index in [0.29, 0.717) is 0 Å². The first kappa shape index (κ1) is 21.9. The number of hydrogen-bond donors (Lipinski definition) is 2. The number of fused-ring (bicyclic) bond motifs is 1. The number of rotatable bonds is 0. The Kier molecular flexibility index (Phi) is 6.57. The standard InChI is InChI=1S/C6H5N3.C5H12N2O.F6P/c1-2-4-6-5(3-1)7-9-8-6;1-6-5(8-4)7(2)3;1-7(2,3,4,5)6/h1-4H,(H,7,8,9);1-4H3;/q;;-1/p+1. The second-order valence-corrected chi connectivity index (χ2v) is 6.34. The van der Waals surface area contributed by atoms with Crippen LogP contribution >= 0.6 is 7.81 Å². The van der Waals surface area contributed by atoms with Gasteiger partial charge in [0, 0.05) is 0 Å². The molecule has 6 nitrogen and oxygen atoms in total. The Morgan fingerprint density at radius 3 is 1.62 bits per heavy atom. The molecule has 0 bridgehead atoms. The van der Waals surface area contributed by atoms with Crippen molar-refractivity contribution in [1.29, 1.82) is 0 Å². The molecule has 0 aliphatic heterocycles. The summed E-state index contributed by atoms with van der Waals surface area (Å²) in [5.41, 5.74) is 1.83. The molecular weight excluding hydrogens is 363 g/mol. The van der Waals surface area contributed by atoms with Crippen LogP contribution in [0, 0.1) is 0 Å². The fourth-order valence-electron chi connectivity index (χ4n) is 1.29. The zero-order valence-corrected chi connectivity index (χ0v) is 14.2. The number of nitrogens with zero attached hydrogens (tertiary/aromatic N) is 3. The molecule has 2 rings (SSSR count). The predicted octanol–water partition coefficient (Wildman–Crippen LogP) is 3.82. The molecule has 0 aliphatic carbocycles. The molecule has 0 amide bonds. The van der Waals surface area contributed by atoms with Crippen molar-refractivity contribution >= 4 is 24.9 Å². The molecule has 1 aromatic carbocycles. The molecule has 0 radical (unpaired) electrons. The van der Waals surface area contributed by atoms with Crippen LogP contribution in [0.1, 0.15) is 0 Å². The van der Waals surface area contributed by atoms with E-state index in [-0.39, 0.29) is 0 Å². The van der Waals surface area contributed by atoms with Crippen LogP contribution in [0.4, 0.5) is 25.2 Å². The normalized spacial score (nSPS) is 13.2. The maximum atomic E-state index is 9.87. The molecule has 0 aliphatic rings. The van der Waals surface area contributed by atoms with E-state index < -0.39 is 7.81 Å². The van der Waals surface area contributed by atoms with E-state index in [1.54, 1.807) is 7.11 Å². The summed E-state index contributed by atoms with van der Waals surface area (Å²) in [5, 5.41) is 13.2. The van der Waals surface area contributed by atoms with E-state index in [2.05, 4.69) is 20.7 Å². The fourth-order valence-corrected chi connectivity index (χ4v) is 1.29. The molecule has 24 heavy (non-hydrogen) atoms. The molecule has 0 saturated heterocycles. The zero-order chi connectivity index (χ0) is 19.1. The molecule has 2 N–H and O–H groups in total. The molecule has 0 saturated carbocycles. The van der Waals surface area contributed by atoms with Gasteiger partial charge in [0.1, 0.15) is 11.0 Å². The first-order valence-corrected chi connectivity index (χ1v) is 8.24. The molecule has 140 valence electrons. The van der Waals surface area contributed by atoms with Gasteiger partial charge in [-0.2, -0.15) is 15.4 Å². The topological polar surface area (TPSA) is 65.8 Å². The van der Waals surface area contributed by atoms with Crippen LogP contribution in [-0.4, -0.2) is 54.3 Å². The van der Waals surface area contributed by atoms with Crippen molar-refractivity contribution in [2.24, 2.45) is 0 Å². The number of halogens is 6. The van der Waals surface area contributed by atoms with Crippen molar-refractivity contribution in [3.05, 3.63) is 24.3 Å². The minimum Gasteiger partial charge on any atom is -0.197 e. The molecule has 0 unspecified atom stereocenters. The summed E-state index contributed by atoms with van der Waals surface area (Å²) >= 11 is 0. The molecule has 13 heteroatoms. The first-order chi connectivity index (χ1) is 10.6. The molecule has 0 fully saturated rings. The molecule has 2 aromatic rings. The van der Waals surface area contributed by atoms with Gasteiger partial charge in [0.25, 0.3) is 0 Å². The first-order valence-electron chi connectivity index (χ1n) is 6.22. The fraction of sp³-hybridized carbons (Fsp3) is 0.364. The van der Waals surface area contributed by atoms with Gasteiger partial charge in [-0.15, -0.1) is 0 Å². The van der Waals surface area contributed by atoms with Gasteiger partial charge in [-0.3, -0.25) is 0 Å². The molecule has 0 atom stereocenters. The summed E-state index contributed by atoms with van der Waals surface area (Å²) in [7, 11) is -3.38. The summed E-state index contributed by atoms with van der Waals surface area (Å²) < 4.78 is 65.9. The van der Waals surface area contributed by atoms with Gasteiger partial charge in [0.05, 0.1) is 28.3 Å². The second kappa shape index (κ2) is 7.20. The Labute approximate surface area is 133 Å². The molecule has 1 aromatic heterocycles. The maximum Gasteiger partial charge on any atom is 0.112 e. The van der Waals surface area contributed by atoms with E-state index in [1.165, 1.54) is 0 Å². The van der Waals surface area contributed by atoms with Crippen LogP contribution in [0.5, 0.6) is 0 Å². The number of aromatic amines is 1. The van der Waals surface area contributed by atoms with Crippen LogP contribution in [-0.2, 0) is 4.74 Å². The van der Waals surface area contributed by atoms with Crippen molar-refractivity contribution in [3.63, 3.8) is 0 Å². The van der Waals surface area contributed by atoms with Gasteiger partial charge in [-0.05, 0) is 12.1 Å². The summed E-state index contributed by atoms with van der Waals surface area (Å²) in [6.07, 6.45) is 0. The molecule has 0 spiro atoms. The average molecular weight is 381 g/mol. The van der Waals surface area contributed by atoms with Gasteiger partial charge in [-0.25, -0.2) is 9.89 Å². The number of hydrogen-bond acceptors (Lipinski definition) is 3. The number of amidine groups is 1. The van der Waals surface area contributed by atoms with Crippen LogP contribution in [0.25, 0.3) is 11.0 Å². The van der Waals surface area contributed by atoms with Crippen molar-refractivity contribution in [1.82, 2.24) is 20.7 Å². The third-order valence-corrected chi connectivity index (χ3v) is 2.04. The Bertz CT molecular complexity index is 633. The average Bonchev–Trinajstić information content (AvgIpc) is 2.85. The van der Waals surface area contributed by atoms with E-state index in [1.807, 2.05) is 50.0 Å². The summed E-state index contributed by atoms with van der Waals surface area (Å²) in [5.74, 6) is 0. The molecule has 1 heterocycles. The van der Waals surface area contributed by atoms with Gasteiger partial charge >= 0.3 is 39.0 Å². The predicted molar refractivity (Wildman–Crippen MR) is 80.6 cm³/mol. The monoisotopic (exact) mass is 381 g/mol. The summed E-state index contributed by atoms with van der Waals surface area (Å²) in [6, 6.07) is 8.47. The number of methoxy groups -OCH3 is 1. The third kappa shape index (κ3) is 13.6.